The molecule has 0 aliphatic rings. The van der Waals surface area contributed by atoms with Crippen molar-refractivity contribution in [3.8, 4) is 5.75 Å². The topological polar surface area (TPSA) is 50.7 Å². The molecule has 1 amide bonds. The maximum Gasteiger partial charge on any atom is 0.280 e. The minimum atomic E-state index is -0.815. The van der Waals surface area contributed by atoms with E-state index in [1.54, 1.807) is 6.92 Å². The zero-order valence-corrected chi connectivity index (χ0v) is 16.2. The Morgan fingerprint density at radius 1 is 1.08 bits per heavy atom. The van der Waals surface area contributed by atoms with Crippen LogP contribution >= 0.6 is 34.8 Å². The van der Waals surface area contributed by atoms with Crippen molar-refractivity contribution in [2.45, 2.75) is 26.9 Å². The Morgan fingerprint density at radius 3 is 2.32 bits per heavy atom. The Morgan fingerprint density at radius 2 is 1.68 bits per heavy atom. The molecule has 0 aliphatic heterocycles. The molecule has 0 spiro atoms. The Balaban J connectivity index is 2.02. The normalized spacial score (nSPS) is 12.6. The van der Waals surface area contributed by atoms with Gasteiger partial charge < -0.3 is 4.74 Å². The number of hydrazone groups is 1. The van der Waals surface area contributed by atoms with Crippen molar-refractivity contribution in [2.75, 3.05) is 0 Å². The smallest absolute Gasteiger partial charge is 0.280 e. The second-order valence-electron chi connectivity index (χ2n) is 5.50. The van der Waals surface area contributed by atoms with Crippen molar-refractivity contribution in [3.05, 3.63) is 62.6 Å². The van der Waals surface area contributed by atoms with Crippen LogP contribution < -0.4 is 10.2 Å². The average molecular weight is 400 g/mol. The SMILES string of the molecule is C/C(=N/NC(=O)C(C)Oc1cc(Cl)c(Cl)cc1Cl)c1ccc(C)cc1. The van der Waals surface area contributed by atoms with E-state index in [2.05, 4.69) is 10.5 Å². The minimum Gasteiger partial charge on any atom is -0.479 e. The van der Waals surface area contributed by atoms with Crippen LogP contribution in [0.4, 0.5) is 0 Å². The number of carbonyl (C=O) groups excluding carboxylic acids is 1. The van der Waals surface area contributed by atoms with Gasteiger partial charge in [-0.3, -0.25) is 4.79 Å². The zero-order chi connectivity index (χ0) is 18.6. The molecule has 0 radical (unpaired) electrons. The van der Waals surface area contributed by atoms with Crippen LogP contribution in [0.15, 0.2) is 41.5 Å². The number of carbonyl (C=O) groups is 1. The third-order valence-electron chi connectivity index (χ3n) is 3.45. The second-order valence-corrected chi connectivity index (χ2v) is 6.72. The molecule has 2 aromatic rings. The number of nitrogens with zero attached hydrogens (tertiary/aromatic N) is 1. The van der Waals surface area contributed by atoms with Crippen LogP contribution in [-0.4, -0.2) is 17.7 Å². The van der Waals surface area contributed by atoms with Gasteiger partial charge in [-0.2, -0.15) is 5.10 Å². The lowest BCUT2D eigenvalue weighted by Gasteiger charge is -2.15. The van der Waals surface area contributed by atoms with Crippen LogP contribution in [0.2, 0.25) is 15.1 Å². The molecule has 0 heterocycles. The van der Waals surface area contributed by atoms with Crippen LogP contribution in [0.1, 0.15) is 25.0 Å². The first-order valence-corrected chi connectivity index (χ1v) is 8.63. The van der Waals surface area contributed by atoms with Gasteiger partial charge in [0.2, 0.25) is 0 Å². The Hall–Kier alpha value is -1.75. The van der Waals surface area contributed by atoms with E-state index in [4.69, 9.17) is 39.5 Å². The molecule has 1 atom stereocenters. The van der Waals surface area contributed by atoms with E-state index in [-0.39, 0.29) is 10.8 Å². The summed E-state index contributed by atoms with van der Waals surface area (Å²) in [5.74, 6) is -0.133. The monoisotopic (exact) mass is 398 g/mol. The quantitative estimate of drug-likeness (QED) is 0.423. The molecule has 1 N–H and O–H groups in total. The van der Waals surface area contributed by atoms with E-state index in [0.717, 1.165) is 11.1 Å². The largest absolute Gasteiger partial charge is 0.479 e. The highest BCUT2D eigenvalue weighted by Gasteiger charge is 2.17. The van der Waals surface area contributed by atoms with Gasteiger partial charge in [0.05, 0.1) is 20.8 Å². The van der Waals surface area contributed by atoms with Gasteiger partial charge in [-0.15, -0.1) is 0 Å². The predicted molar refractivity (Wildman–Crippen MR) is 103 cm³/mol. The number of nitrogens with one attached hydrogen (secondary N) is 1. The van der Waals surface area contributed by atoms with E-state index >= 15 is 0 Å². The van der Waals surface area contributed by atoms with Crippen molar-refractivity contribution in [3.63, 3.8) is 0 Å². The molecule has 7 heteroatoms. The summed E-state index contributed by atoms with van der Waals surface area (Å²) in [6.07, 6.45) is -0.815. The average Bonchev–Trinajstić information content (AvgIpc) is 2.57. The summed E-state index contributed by atoms with van der Waals surface area (Å²) in [6, 6.07) is 10.8. The van der Waals surface area contributed by atoms with Crippen LogP contribution in [0.25, 0.3) is 0 Å². The van der Waals surface area contributed by atoms with Gasteiger partial charge in [-0.25, -0.2) is 5.43 Å². The molecular weight excluding hydrogens is 383 g/mol. The maximum atomic E-state index is 12.2. The van der Waals surface area contributed by atoms with E-state index in [0.29, 0.717) is 15.8 Å². The predicted octanol–water partition coefficient (Wildman–Crippen LogP) is 5.26. The lowest BCUT2D eigenvalue weighted by Crippen LogP contribution is -2.34. The van der Waals surface area contributed by atoms with Crippen molar-refractivity contribution in [1.82, 2.24) is 5.43 Å². The van der Waals surface area contributed by atoms with Gasteiger partial charge in [-0.1, -0.05) is 64.6 Å². The van der Waals surface area contributed by atoms with Crippen LogP contribution in [0.3, 0.4) is 0 Å². The summed E-state index contributed by atoms with van der Waals surface area (Å²) in [7, 11) is 0. The lowest BCUT2D eigenvalue weighted by molar-refractivity contribution is -0.127. The molecule has 0 fully saturated rings. The molecule has 25 heavy (non-hydrogen) atoms. The number of amides is 1. The first kappa shape index (κ1) is 19.6. The highest BCUT2D eigenvalue weighted by atomic mass is 35.5. The zero-order valence-electron chi connectivity index (χ0n) is 13.9. The molecule has 0 saturated carbocycles. The third-order valence-corrected chi connectivity index (χ3v) is 4.47. The molecule has 132 valence electrons. The molecule has 4 nitrogen and oxygen atoms in total. The summed E-state index contributed by atoms with van der Waals surface area (Å²) in [6.45, 7) is 5.41. The first-order chi connectivity index (χ1) is 11.8. The summed E-state index contributed by atoms with van der Waals surface area (Å²) in [5, 5.41) is 4.98. The van der Waals surface area contributed by atoms with E-state index in [1.165, 1.54) is 12.1 Å². The van der Waals surface area contributed by atoms with Gasteiger partial charge in [0.1, 0.15) is 5.75 Å². The van der Waals surface area contributed by atoms with Crippen molar-refractivity contribution < 1.29 is 9.53 Å². The van der Waals surface area contributed by atoms with Crippen LogP contribution in [-0.2, 0) is 4.79 Å². The summed E-state index contributed by atoms with van der Waals surface area (Å²) >= 11 is 17.8. The summed E-state index contributed by atoms with van der Waals surface area (Å²) in [5.41, 5.74) is 5.25. The number of rotatable bonds is 5. The van der Waals surface area contributed by atoms with E-state index in [1.807, 2.05) is 38.1 Å². The van der Waals surface area contributed by atoms with Crippen molar-refractivity contribution in [2.24, 2.45) is 5.10 Å². The number of ether oxygens (including phenoxy) is 1. The van der Waals surface area contributed by atoms with Gasteiger partial charge >= 0.3 is 0 Å². The van der Waals surface area contributed by atoms with Gasteiger partial charge in [0, 0.05) is 6.07 Å². The summed E-state index contributed by atoms with van der Waals surface area (Å²) < 4.78 is 5.54. The Labute approximate surface area is 161 Å². The Bertz CT molecular complexity index is 805. The molecular formula is C18H17Cl3N2O2. The number of benzene rings is 2. The van der Waals surface area contributed by atoms with Crippen LogP contribution in [0.5, 0.6) is 5.75 Å². The molecule has 0 aromatic heterocycles. The fourth-order valence-corrected chi connectivity index (χ4v) is 2.51. The van der Waals surface area contributed by atoms with Gasteiger partial charge in [0.25, 0.3) is 5.91 Å². The molecule has 0 saturated heterocycles. The number of halogens is 3. The first-order valence-electron chi connectivity index (χ1n) is 7.50. The number of hydrogen-bond acceptors (Lipinski definition) is 3. The van der Waals surface area contributed by atoms with Crippen molar-refractivity contribution >= 4 is 46.4 Å². The van der Waals surface area contributed by atoms with Crippen molar-refractivity contribution in [1.29, 1.82) is 0 Å². The molecule has 0 aliphatic carbocycles. The number of hydrogen-bond donors (Lipinski definition) is 1. The highest BCUT2D eigenvalue weighted by Crippen LogP contribution is 2.34. The standard InChI is InChI=1S/C18H17Cl3N2O2/c1-10-4-6-13(7-5-10)11(2)22-23-18(24)12(3)25-17-9-15(20)14(19)8-16(17)21/h4-9,12H,1-3H3,(H,23,24)/b22-11-. The molecule has 2 rings (SSSR count). The molecule has 2 aromatic carbocycles. The second kappa shape index (κ2) is 8.56. The third kappa shape index (κ3) is 5.36. The number of aryl methyl sites for hydroxylation is 1. The molecule has 1 unspecified atom stereocenters. The fourth-order valence-electron chi connectivity index (χ4n) is 1.93. The minimum absolute atomic E-state index is 0.272. The van der Waals surface area contributed by atoms with Gasteiger partial charge in [0.15, 0.2) is 6.10 Å². The highest BCUT2D eigenvalue weighted by molar-refractivity contribution is 6.43. The Kier molecular flexibility index (Phi) is 6.71. The summed E-state index contributed by atoms with van der Waals surface area (Å²) in [4.78, 5) is 12.2. The van der Waals surface area contributed by atoms with E-state index in [9.17, 15) is 4.79 Å². The molecule has 0 bridgehead atoms. The lowest BCUT2D eigenvalue weighted by atomic mass is 10.1. The maximum absolute atomic E-state index is 12.2. The van der Waals surface area contributed by atoms with Crippen LogP contribution in [0, 0.1) is 6.92 Å². The van der Waals surface area contributed by atoms with Gasteiger partial charge in [-0.05, 0) is 32.4 Å². The fraction of sp³-hybridized carbons (Fsp3) is 0.222. The van der Waals surface area contributed by atoms with E-state index < -0.39 is 12.0 Å².